The molecule has 1 aromatic rings. The highest BCUT2D eigenvalue weighted by Crippen LogP contribution is 2.33. The maximum atomic E-state index is 5.73. The molecule has 0 saturated heterocycles. The lowest BCUT2D eigenvalue weighted by molar-refractivity contribution is 1.63. The minimum Gasteiger partial charge on any atom is -0.397 e. The second kappa shape index (κ2) is 2.99. The summed E-state index contributed by atoms with van der Waals surface area (Å²) in [5, 5.41) is 1.03. The van der Waals surface area contributed by atoms with Gasteiger partial charge in [0.15, 0.2) is 0 Å². The van der Waals surface area contributed by atoms with Crippen LogP contribution in [0.4, 0.5) is 5.69 Å². The smallest absolute Gasteiger partial charge is 0.0792 e. The van der Waals surface area contributed by atoms with Gasteiger partial charge in [0.2, 0.25) is 0 Å². The zero-order chi connectivity index (χ0) is 7.72. The van der Waals surface area contributed by atoms with Crippen LogP contribution in [0.15, 0.2) is 16.6 Å². The van der Waals surface area contributed by atoms with Crippen LogP contribution in [0, 0.1) is 0 Å². The average Bonchev–Trinajstić information content (AvgIpc) is 1.93. The predicted molar refractivity (Wildman–Crippen MR) is 48.6 cm³/mol. The second-order valence-corrected chi connectivity index (χ2v) is 3.34. The summed E-state index contributed by atoms with van der Waals surface area (Å²) in [5.74, 6) is 0. The molecule has 0 bridgehead atoms. The molecular formula is C6H4BrCl2N. The molecule has 0 spiro atoms. The van der Waals surface area contributed by atoms with E-state index in [4.69, 9.17) is 28.9 Å². The summed E-state index contributed by atoms with van der Waals surface area (Å²) in [6, 6.07) is 3.35. The van der Waals surface area contributed by atoms with Crippen LogP contribution in [0.3, 0.4) is 0 Å². The molecule has 0 unspecified atom stereocenters. The summed E-state index contributed by atoms with van der Waals surface area (Å²) < 4.78 is 0.649. The maximum Gasteiger partial charge on any atom is 0.0792 e. The van der Waals surface area contributed by atoms with Crippen molar-refractivity contribution >= 4 is 44.8 Å². The van der Waals surface area contributed by atoms with Gasteiger partial charge in [-0.15, -0.1) is 0 Å². The van der Waals surface area contributed by atoms with Crippen molar-refractivity contribution in [2.75, 3.05) is 5.73 Å². The highest BCUT2D eigenvalue weighted by molar-refractivity contribution is 9.10. The fourth-order valence-electron chi connectivity index (χ4n) is 0.541. The fraction of sp³-hybridized carbons (Fsp3) is 0. The van der Waals surface area contributed by atoms with E-state index < -0.39 is 0 Å². The van der Waals surface area contributed by atoms with Gasteiger partial charge >= 0.3 is 0 Å². The van der Waals surface area contributed by atoms with Crippen LogP contribution in [0.1, 0.15) is 0 Å². The molecule has 0 aliphatic rings. The van der Waals surface area contributed by atoms with Crippen molar-refractivity contribution in [3.63, 3.8) is 0 Å². The summed E-state index contributed by atoms with van der Waals surface area (Å²) in [4.78, 5) is 0. The lowest BCUT2D eigenvalue weighted by atomic mass is 10.3. The zero-order valence-electron chi connectivity index (χ0n) is 4.87. The summed E-state index contributed by atoms with van der Waals surface area (Å²) in [6.45, 7) is 0. The van der Waals surface area contributed by atoms with Crippen molar-refractivity contribution in [2.45, 2.75) is 0 Å². The molecule has 0 saturated carbocycles. The lowest BCUT2D eigenvalue weighted by Gasteiger charge is -2.00. The van der Waals surface area contributed by atoms with Gasteiger partial charge in [-0.1, -0.05) is 23.2 Å². The molecule has 0 aromatic heterocycles. The van der Waals surface area contributed by atoms with E-state index in [1.54, 1.807) is 12.1 Å². The molecule has 1 nitrogen and oxygen atoms in total. The molecule has 10 heavy (non-hydrogen) atoms. The highest BCUT2D eigenvalue weighted by Gasteiger charge is 2.03. The molecule has 1 aromatic carbocycles. The van der Waals surface area contributed by atoms with Crippen molar-refractivity contribution < 1.29 is 0 Å². The molecule has 4 heteroatoms. The molecule has 0 aliphatic carbocycles. The summed E-state index contributed by atoms with van der Waals surface area (Å²) in [5.41, 5.74) is 5.99. The molecule has 0 fully saturated rings. The zero-order valence-corrected chi connectivity index (χ0v) is 7.96. The van der Waals surface area contributed by atoms with Crippen LogP contribution in [-0.4, -0.2) is 0 Å². The van der Waals surface area contributed by atoms with Crippen molar-refractivity contribution in [3.8, 4) is 0 Å². The van der Waals surface area contributed by atoms with Gasteiger partial charge in [0, 0.05) is 0 Å². The number of hydrogen-bond donors (Lipinski definition) is 1. The third kappa shape index (κ3) is 1.39. The standard InChI is InChI=1S/C6H4BrCl2N/c7-5-3(8)1-2-4(10)6(5)9/h1-2H,10H2. The Kier molecular flexibility index (Phi) is 2.45. The van der Waals surface area contributed by atoms with Gasteiger partial charge in [-0.25, -0.2) is 0 Å². The number of hydrogen-bond acceptors (Lipinski definition) is 1. The summed E-state index contributed by atoms with van der Waals surface area (Å²) in [7, 11) is 0. The van der Waals surface area contributed by atoms with Crippen molar-refractivity contribution in [3.05, 3.63) is 26.7 Å². The van der Waals surface area contributed by atoms with Gasteiger partial charge in [0.25, 0.3) is 0 Å². The van der Waals surface area contributed by atoms with E-state index in [2.05, 4.69) is 15.9 Å². The number of rotatable bonds is 0. The van der Waals surface area contributed by atoms with Crippen molar-refractivity contribution in [2.24, 2.45) is 0 Å². The Labute approximate surface area is 77.2 Å². The van der Waals surface area contributed by atoms with Gasteiger partial charge in [0.1, 0.15) is 0 Å². The van der Waals surface area contributed by atoms with Gasteiger partial charge in [-0.2, -0.15) is 0 Å². The Morgan fingerprint density at radius 3 is 2.40 bits per heavy atom. The van der Waals surface area contributed by atoms with Crippen LogP contribution in [0.2, 0.25) is 10.0 Å². The van der Waals surface area contributed by atoms with E-state index in [9.17, 15) is 0 Å². The Bertz CT molecular complexity index is 235. The topological polar surface area (TPSA) is 26.0 Å². The van der Waals surface area contributed by atoms with Crippen LogP contribution < -0.4 is 5.73 Å². The molecule has 2 N–H and O–H groups in total. The predicted octanol–water partition coefficient (Wildman–Crippen LogP) is 3.34. The molecule has 0 radical (unpaired) electrons. The van der Waals surface area contributed by atoms with Crippen LogP contribution in [0.5, 0.6) is 0 Å². The van der Waals surface area contributed by atoms with Gasteiger partial charge in [0.05, 0.1) is 20.2 Å². The van der Waals surface area contributed by atoms with Gasteiger partial charge in [-0.05, 0) is 28.1 Å². The molecule has 0 amide bonds. The molecule has 1 rings (SSSR count). The first-order chi connectivity index (χ1) is 4.63. The number of nitrogens with two attached hydrogens (primary N) is 1. The number of nitrogen functional groups attached to an aromatic ring is 1. The fourth-order valence-corrected chi connectivity index (χ4v) is 1.27. The van der Waals surface area contributed by atoms with Gasteiger partial charge in [-0.3, -0.25) is 0 Å². The average molecular weight is 241 g/mol. The molecule has 0 heterocycles. The monoisotopic (exact) mass is 239 g/mol. The Hall–Kier alpha value is 0.0800. The first-order valence-electron chi connectivity index (χ1n) is 2.52. The summed E-state index contributed by atoms with van der Waals surface area (Å²) >= 11 is 14.6. The van der Waals surface area contributed by atoms with E-state index in [0.717, 1.165) is 0 Å². The Morgan fingerprint density at radius 1 is 1.30 bits per heavy atom. The van der Waals surface area contributed by atoms with E-state index in [1.165, 1.54) is 0 Å². The first-order valence-corrected chi connectivity index (χ1v) is 4.07. The summed E-state index contributed by atoms with van der Waals surface area (Å²) in [6.07, 6.45) is 0. The minimum absolute atomic E-state index is 0.465. The molecule has 54 valence electrons. The number of halogens is 3. The Morgan fingerprint density at radius 2 is 1.90 bits per heavy atom. The van der Waals surface area contributed by atoms with Crippen molar-refractivity contribution in [1.82, 2.24) is 0 Å². The quantitative estimate of drug-likeness (QED) is 0.547. The largest absolute Gasteiger partial charge is 0.397 e. The van der Waals surface area contributed by atoms with Crippen LogP contribution >= 0.6 is 39.1 Å². The van der Waals surface area contributed by atoms with Crippen LogP contribution in [0.25, 0.3) is 0 Å². The maximum absolute atomic E-state index is 5.73. The van der Waals surface area contributed by atoms with E-state index in [1.807, 2.05) is 0 Å². The van der Waals surface area contributed by atoms with Crippen LogP contribution in [-0.2, 0) is 0 Å². The van der Waals surface area contributed by atoms with E-state index >= 15 is 0 Å². The van der Waals surface area contributed by atoms with Gasteiger partial charge < -0.3 is 5.73 Å². The number of anilines is 1. The van der Waals surface area contributed by atoms with Crippen molar-refractivity contribution in [1.29, 1.82) is 0 Å². The number of benzene rings is 1. The second-order valence-electron chi connectivity index (χ2n) is 1.76. The van der Waals surface area contributed by atoms with E-state index in [0.29, 0.717) is 20.2 Å². The molecular weight excluding hydrogens is 237 g/mol. The minimum atomic E-state index is 0.465. The normalized spacial score (nSPS) is 9.90. The van der Waals surface area contributed by atoms with E-state index in [-0.39, 0.29) is 0 Å². The third-order valence-corrected chi connectivity index (χ3v) is 3.07. The SMILES string of the molecule is Nc1ccc(Cl)c(Br)c1Cl. The lowest BCUT2D eigenvalue weighted by Crippen LogP contribution is -1.85. The molecule has 0 aliphatic heterocycles. The highest BCUT2D eigenvalue weighted by atomic mass is 79.9. The molecule has 0 atom stereocenters. The third-order valence-electron chi connectivity index (χ3n) is 1.07. The first kappa shape index (κ1) is 8.18. The Balaban J connectivity index is 3.34.